The molecule has 0 radical (unpaired) electrons. The van der Waals surface area contributed by atoms with Gasteiger partial charge in [-0.3, -0.25) is 14.9 Å². The van der Waals surface area contributed by atoms with Crippen LogP contribution in [0.4, 0.5) is 5.69 Å². The van der Waals surface area contributed by atoms with Crippen molar-refractivity contribution < 1.29 is 19.2 Å². The van der Waals surface area contributed by atoms with E-state index < -0.39 is 10.8 Å². The number of hydrazone groups is 1. The van der Waals surface area contributed by atoms with Crippen LogP contribution in [0.25, 0.3) is 10.9 Å². The summed E-state index contributed by atoms with van der Waals surface area (Å²) in [5.74, 6) is 0.0522. The van der Waals surface area contributed by atoms with Crippen LogP contribution in [0.5, 0.6) is 11.5 Å². The highest BCUT2D eigenvalue weighted by Gasteiger charge is 2.21. The van der Waals surface area contributed by atoms with E-state index in [1.54, 1.807) is 6.21 Å². The maximum absolute atomic E-state index is 12.4. The zero-order valence-electron chi connectivity index (χ0n) is 18.3. The smallest absolute Gasteiger partial charge is 0.277 e. The van der Waals surface area contributed by atoms with E-state index in [1.165, 1.54) is 26.4 Å². The number of fused-ring (bicyclic) bond motifs is 1. The van der Waals surface area contributed by atoms with Crippen LogP contribution < -0.4 is 14.9 Å². The summed E-state index contributed by atoms with van der Waals surface area (Å²) in [6.07, 6.45) is 5.53. The van der Waals surface area contributed by atoms with Crippen LogP contribution in [-0.4, -0.2) is 35.8 Å². The van der Waals surface area contributed by atoms with Gasteiger partial charge in [0.15, 0.2) is 11.5 Å². The summed E-state index contributed by atoms with van der Waals surface area (Å²) >= 11 is 0. The second-order valence-electron chi connectivity index (χ2n) is 7.21. The highest BCUT2D eigenvalue weighted by atomic mass is 16.6. The molecule has 32 heavy (non-hydrogen) atoms. The number of para-hydroxylation sites is 1. The fourth-order valence-corrected chi connectivity index (χ4v) is 3.50. The predicted octanol–water partition coefficient (Wildman–Crippen LogP) is 4.06. The van der Waals surface area contributed by atoms with Crippen LogP contribution >= 0.6 is 0 Å². The number of amides is 1. The largest absolute Gasteiger partial charge is 0.493 e. The highest BCUT2D eigenvalue weighted by Crippen LogP contribution is 2.34. The Bertz CT molecular complexity index is 1150. The molecule has 0 unspecified atom stereocenters. The number of methoxy groups -OCH3 is 2. The summed E-state index contributed by atoms with van der Waals surface area (Å²) < 4.78 is 12.5. The predicted molar refractivity (Wildman–Crippen MR) is 122 cm³/mol. The number of rotatable bonds is 10. The molecule has 0 aliphatic heterocycles. The maximum Gasteiger partial charge on any atom is 0.277 e. The molecule has 168 valence electrons. The Morgan fingerprint density at radius 1 is 1.22 bits per heavy atom. The molecule has 0 saturated heterocycles. The van der Waals surface area contributed by atoms with Crippen molar-refractivity contribution in [2.45, 2.75) is 32.7 Å². The van der Waals surface area contributed by atoms with Crippen molar-refractivity contribution in [3.05, 3.63) is 63.8 Å². The van der Waals surface area contributed by atoms with E-state index in [0.29, 0.717) is 5.75 Å². The van der Waals surface area contributed by atoms with Gasteiger partial charge in [-0.05, 0) is 18.6 Å². The van der Waals surface area contributed by atoms with Gasteiger partial charge in [0.25, 0.3) is 5.69 Å². The molecule has 0 aliphatic rings. The lowest BCUT2D eigenvalue weighted by molar-refractivity contribution is -0.385. The van der Waals surface area contributed by atoms with Crippen LogP contribution in [0, 0.1) is 10.1 Å². The first-order valence-corrected chi connectivity index (χ1v) is 10.3. The molecule has 0 spiro atoms. The average molecular weight is 438 g/mol. The number of nitro groups is 1. The number of aryl methyl sites for hydroxylation is 1. The quantitative estimate of drug-likeness (QED) is 0.292. The lowest BCUT2D eigenvalue weighted by atomic mass is 10.1. The van der Waals surface area contributed by atoms with Crippen LogP contribution in [0.15, 0.2) is 47.7 Å². The second-order valence-corrected chi connectivity index (χ2v) is 7.21. The van der Waals surface area contributed by atoms with Gasteiger partial charge in [0.05, 0.1) is 37.8 Å². The third kappa shape index (κ3) is 5.05. The first-order chi connectivity index (χ1) is 15.5. The minimum absolute atomic E-state index is 0.205. The molecule has 0 aliphatic carbocycles. The van der Waals surface area contributed by atoms with E-state index in [4.69, 9.17) is 9.47 Å². The van der Waals surface area contributed by atoms with Gasteiger partial charge in [0, 0.05) is 34.8 Å². The van der Waals surface area contributed by atoms with Crippen molar-refractivity contribution in [1.82, 2.24) is 9.99 Å². The third-order valence-corrected chi connectivity index (χ3v) is 5.10. The number of benzene rings is 2. The Morgan fingerprint density at radius 2 is 1.94 bits per heavy atom. The molecule has 2 aromatic carbocycles. The van der Waals surface area contributed by atoms with Crippen molar-refractivity contribution in [3.63, 3.8) is 0 Å². The number of aromatic nitrogens is 1. The highest BCUT2D eigenvalue weighted by molar-refractivity contribution is 5.99. The summed E-state index contributed by atoms with van der Waals surface area (Å²) in [4.78, 5) is 23.3. The second kappa shape index (κ2) is 10.4. The van der Waals surface area contributed by atoms with E-state index in [9.17, 15) is 14.9 Å². The van der Waals surface area contributed by atoms with Crippen molar-refractivity contribution in [2.24, 2.45) is 5.10 Å². The van der Waals surface area contributed by atoms with Crippen molar-refractivity contribution >= 4 is 28.7 Å². The van der Waals surface area contributed by atoms with E-state index in [0.717, 1.165) is 35.9 Å². The Labute approximate surface area is 185 Å². The maximum atomic E-state index is 12.4. The molecule has 0 atom stereocenters. The monoisotopic (exact) mass is 438 g/mol. The molecule has 0 bridgehead atoms. The van der Waals surface area contributed by atoms with Crippen LogP contribution in [0.3, 0.4) is 0 Å². The topological polar surface area (TPSA) is 108 Å². The average Bonchev–Trinajstić information content (AvgIpc) is 3.14. The van der Waals surface area contributed by atoms with Gasteiger partial charge in [-0.2, -0.15) is 5.10 Å². The SMILES string of the molecule is CCCCn1cc(/C=N\NC(=O)Cc2cc(OC)c(OC)cc2[N+](=O)[O-])c2ccccc21. The first kappa shape index (κ1) is 22.8. The molecule has 1 N–H and O–H groups in total. The number of hydrogen-bond acceptors (Lipinski definition) is 6. The van der Waals surface area contributed by atoms with E-state index >= 15 is 0 Å². The summed E-state index contributed by atoms with van der Waals surface area (Å²) in [6, 6.07) is 10.7. The van der Waals surface area contributed by atoms with Gasteiger partial charge in [-0.25, -0.2) is 5.43 Å². The van der Waals surface area contributed by atoms with Crippen LogP contribution in [0.1, 0.15) is 30.9 Å². The number of nitro benzene ring substituents is 1. The van der Waals surface area contributed by atoms with Crippen molar-refractivity contribution in [3.8, 4) is 11.5 Å². The van der Waals surface area contributed by atoms with E-state index in [-0.39, 0.29) is 23.4 Å². The number of nitrogens with one attached hydrogen (secondary N) is 1. The Hall–Kier alpha value is -3.88. The minimum Gasteiger partial charge on any atom is -0.493 e. The summed E-state index contributed by atoms with van der Waals surface area (Å²) in [5, 5.41) is 16.5. The molecule has 1 aromatic heterocycles. The standard InChI is InChI=1S/C23H26N4O5/c1-4-5-10-26-15-17(18-8-6-7-9-19(18)26)14-24-25-23(28)12-16-11-21(31-2)22(32-3)13-20(16)27(29)30/h6-9,11,13-15H,4-5,10,12H2,1-3H3,(H,25,28)/b24-14-. The fraction of sp³-hybridized carbons (Fsp3) is 0.304. The van der Waals surface area contributed by atoms with Gasteiger partial charge in [-0.15, -0.1) is 0 Å². The molecule has 1 amide bonds. The lowest BCUT2D eigenvalue weighted by Crippen LogP contribution is -2.20. The van der Waals surface area contributed by atoms with E-state index in [2.05, 4.69) is 28.1 Å². The van der Waals surface area contributed by atoms with Gasteiger partial charge in [0.2, 0.25) is 5.91 Å². The number of nitrogens with zero attached hydrogens (tertiary/aromatic N) is 3. The normalized spacial score (nSPS) is 11.1. The number of carbonyl (C=O) groups is 1. The zero-order valence-corrected chi connectivity index (χ0v) is 18.3. The third-order valence-electron chi connectivity index (χ3n) is 5.10. The lowest BCUT2D eigenvalue weighted by Gasteiger charge is -2.10. The molecule has 9 heteroatoms. The Morgan fingerprint density at radius 3 is 2.62 bits per heavy atom. The van der Waals surface area contributed by atoms with E-state index in [1.807, 2.05) is 24.4 Å². The molecule has 3 aromatic rings. The first-order valence-electron chi connectivity index (χ1n) is 10.3. The summed E-state index contributed by atoms with van der Waals surface area (Å²) in [5.41, 5.74) is 4.43. The minimum atomic E-state index is -0.557. The number of hydrogen-bond donors (Lipinski definition) is 1. The number of ether oxygens (including phenoxy) is 2. The number of unbranched alkanes of at least 4 members (excludes halogenated alkanes) is 1. The van der Waals surface area contributed by atoms with Gasteiger partial charge in [-0.1, -0.05) is 31.5 Å². The molecular weight excluding hydrogens is 412 g/mol. The van der Waals surface area contributed by atoms with Crippen LogP contribution in [-0.2, 0) is 17.8 Å². The zero-order chi connectivity index (χ0) is 23.1. The van der Waals surface area contributed by atoms with Gasteiger partial charge in [0.1, 0.15) is 0 Å². The molecule has 0 fully saturated rings. The van der Waals surface area contributed by atoms with Crippen molar-refractivity contribution in [1.29, 1.82) is 0 Å². The molecule has 9 nitrogen and oxygen atoms in total. The Kier molecular flexibility index (Phi) is 7.43. The molecular formula is C23H26N4O5. The number of carbonyl (C=O) groups excluding carboxylic acids is 1. The summed E-state index contributed by atoms with van der Waals surface area (Å²) in [6.45, 7) is 3.05. The molecule has 1 heterocycles. The summed E-state index contributed by atoms with van der Waals surface area (Å²) in [7, 11) is 2.82. The molecule has 3 rings (SSSR count). The molecule has 0 saturated carbocycles. The van der Waals surface area contributed by atoms with Crippen LogP contribution in [0.2, 0.25) is 0 Å². The van der Waals surface area contributed by atoms with Gasteiger partial charge >= 0.3 is 0 Å². The fourth-order valence-electron chi connectivity index (χ4n) is 3.50. The Balaban J connectivity index is 1.76. The van der Waals surface area contributed by atoms with Crippen molar-refractivity contribution in [2.75, 3.05) is 14.2 Å². The van der Waals surface area contributed by atoms with Gasteiger partial charge < -0.3 is 14.0 Å².